The average molecular weight is 441 g/mol. The van der Waals surface area contributed by atoms with Crippen molar-refractivity contribution in [3.8, 4) is 11.5 Å². The van der Waals surface area contributed by atoms with Crippen molar-refractivity contribution in [1.82, 2.24) is 4.90 Å². The van der Waals surface area contributed by atoms with Crippen molar-refractivity contribution in [2.75, 3.05) is 20.8 Å². The number of amidine groups is 1. The van der Waals surface area contributed by atoms with Gasteiger partial charge in [-0.25, -0.2) is 0 Å². The molecule has 0 aromatic heterocycles. The van der Waals surface area contributed by atoms with Crippen LogP contribution in [-0.2, 0) is 21.8 Å². The van der Waals surface area contributed by atoms with Gasteiger partial charge >= 0.3 is 0 Å². The zero-order valence-electron chi connectivity index (χ0n) is 18.4. The minimum atomic E-state index is -0.384. The van der Waals surface area contributed by atoms with E-state index in [0.29, 0.717) is 41.3 Å². The lowest BCUT2D eigenvalue weighted by Crippen LogP contribution is -2.41. The monoisotopic (exact) mass is 440 g/mol. The third-order valence-corrected chi connectivity index (χ3v) is 6.19. The SMILES string of the molecule is COc1ccc(CCN2C(=O)CC(=O)N=C2SCc2ccc(C(C)C)cc2)cc1OC. The quantitative estimate of drug-likeness (QED) is 0.569. The summed E-state index contributed by atoms with van der Waals surface area (Å²) < 4.78 is 10.6. The van der Waals surface area contributed by atoms with Gasteiger partial charge in [-0.2, -0.15) is 4.99 Å². The van der Waals surface area contributed by atoms with Crippen LogP contribution in [0, 0.1) is 0 Å². The highest BCUT2D eigenvalue weighted by Gasteiger charge is 2.28. The molecule has 0 saturated heterocycles. The number of ether oxygens (including phenoxy) is 2. The fourth-order valence-electron chi connectivity index (χ4n) is 3.29. The summed E-state index contributed by atoms with van der Waals surface area (Å²) in [7, 11) is 3.19. The molecule has 2 amide bonds. The summed E-state index contributed by atoms with van der Waals surface area (Å²) in [6.07, 6.45) is 0.433. The summed E-state index contributed by atoms with van der Waals surface area (Å²) in [5.41, 5.74) is 3.42. The van der Waals surface area contributed by atoms with Crippen LogP contribution in [0.15, 0.2) is 47.5 Å². The number of methoxy groups -OCH3 is 2. The van der Waals surface area contributed by atoms with Crippen LogP contribution in [0.3, 0.4) is 0 Å². The van der Waals surface area contributed by atoms with Gasteiger partial charge in [-0.1, -0.05) is 55.9 Å². The van der Waals surface area contributed by atoms with Crippen molar-refractivity contribution in [2.45, 2.75) is 38.4 Å². The first kappa shape index (κ1) is 22.9. The number of nitrogens with zero attached hydrogens (tertiary/aromatic N) is 2. The number of rotatable bonds is 8. The van der Waals surface area contributed by atoms with Gasteiger partial charge in [0.25, 0.3) is 5.91 Å². The summed E-state index contributed by atoms with van der Waals surface area (Å²) in [6.45, 7) is 4.77. The van der Waals surface area contributed by atoms with E-state index in [0.717, 1.165) is 11.1 Å². The number of hydrogen-bond acceptors (Lipinski definition) is 5. The van der Waals surface area contributed by atoms with E-state index < -0.39 is 0 Å². The number of hydrogen-bond donors (Lipinski definition) is 0. The highest BCUT2D eigenvalue weighted by molar-refractivity contribution is 8.13. The highest BCUT2D eigenvalue weighted by Crippen LogP contribution is 2.28. The van der Waals surface area contributed by atoms with Gasteiger partial charge in [0.15, 0.2) is 16.7 Å². The molecule has 0 aliphatic carbocycles. The Kier molecular flexibility index (Phi) is 7.74. The first-order valence-electron chi connectivity index (χ1n) is 10.3. The van der Waals surface area contributed by atoms with Crippen LogP contribution in [0.1, 0.15) is 42.9 Å². The molecule has 31 heavy (non-hydrogen) atoms. The molecule has 2 aromatic carbocycles. The number of aliphatic imine (C=N–C) groups is 1. The van der Waals surface area contributed by atoms with Crippen molar-refractivity contribution in [3.05, 3.63) is 59.2 Å². The maximum atomic E-state index is 12.6. The van der Waals surface area contributed by atoms with Crippen molar-refractivity contribution in [3.63, 3.8) is 0 Å². The van der Waals surface area contributed by atoms with Crippen LogP contribution in [0.4, 0.5) is 0 Å². The van der Waals surface area contributed by atoms with E-state index in [1.165, 1.54) is 17.3 Å². The minimum absolute atomic E-state index is 0.181. The van der Waals surface area contributed by atoms with E-state index in [1.54, 1.807) is 19.1 Å². The Morgan fingerprint density at radius 1 is 1.00 bits per heavy atom. The number of carbonyl (C=O) groups is 2. The smallest absolute Gasteiger partial charge is 0.257 e. The van der Waals surface area contributed by atoms with E-state index in [-0.39, 0.29) is 18.2 Å². The highest BCUT2D eigenvalue weighted by atomic mass is 32.2. The lowest BCUT2D eigenvalue weighted by Gasteiger charge is -2.26. The van der Waals surface area contributed by atoms with Gasteiger partial charge < -0.3 is 9.47 Å². The van der Waals surface area contributed by atoms with Gasteiger partial charge in [0.05, 0.1) is 14.2 Å². The summed E-state index contributed by atoms with van der Waals surface area (Å²) in [4.78, 5) is 30.2. The zero-order valence-corrected chi connectivity index (χ0v) is 19.2. The maximum Gasteiger partial charge on any atom is 0.257 e. The van der Waals surface area contributed by atoms with E-state index in [2.05, 4.69) is 43.1 Å². The third-order valence-electron chi connectivity index (χ3n) is 5.14. The Labute approximate surface area is 187 Å². The van der Waals surface area contributed by atoms with E-state index >= 15 is 0 Å². The van der Waals surface area contributed by atoms with E-state index in [1.807, 2.05) is 18.2 Å². The Morgan fingerprint density at radius 2 is 1.68 bits per heavy atom. The standard InChI is InChI=1S/C24H28N2O4S/c1-16(2)19-8-5-18(6-9-19)15-31-24-25-22(27)14-23(28)26(24)12-11-17-7-10-20(29-3)21(13-17)30-4/h5-10,13,16H,11-12,14-15H2,1-4H3. The second-order valence-electron chi connectivity index (χ2n) is 7.63. The average Bonchev–Trinajstić information content (AvgIpc) is 2.76. The van der Waals surface area contributed by atoms with Crippen LogP contribution >= 0.6 is 11.8 Å². The van der Waals surface area contributed by atoms with Gasteiger partial charge in [-0.3, -0.25) is 14.5 Å². The number of benzene rings is 2. The lowest BCUT2D eigenvalue weighted by atomic mass is 10.0. The molecule has 6 nitrogen and oxygen atoms in total. The Balaban J connectivity index is 1.68. The molecule has 0 bridgehead atoms. The van der Waals surface area contributed by atoms with Crippen molar-refractivity contribution in [2.24, 2.45) is 4.99 Å². The maximum absolute atomic E-state index is 12.6. The van der Waals surface area contributed by atoms with E-state index in [4.69, 9.17) is 9.47 Å². The molecule has 1 aliphatic rings. The van der Waals surface area contributed by atoms with Crippen LogP contribution in [0.25, 0.3) is 0 Å². The summed E-state index contributed by atoms with van der Waals surface area (Å²) in [5.74, 6) is 1.83. The van der Waals surface area contributed by atoms with Crippen LogP contribution in [0.2, 0.25) is 0 Å². The van der Waals surface area contributed by atoms with Crippen molar-refractivity contribution >= 4 is 28.7 Å². The molecule has 0 saturated carbocycles. The van der Waals surface area contributed by atoms with Gasteiger partial charge in [-0.15, -0.1) is 0 Å². The molecule has 0 radical (unpaired) electrons. The second-order valence-corrected chi connectivity index (χ2v) is 8.58. The molecule has 164 valence electrons. The summed E-state index contributed by atoms with van der Waals surface area (Å²) in [6, 6.07) is 14.1. The number of amides is 2. The fraction of sp³-hybridized carbons (Fsp3) is 0.375. The molecule has 0 atom stereocenters. The predicted molar refractivity (Wildman–Crippen MR) is 124 cm³/mol. The number of carbonyl (C=O) groups excluding carboxylic acids is 2. The molecule has 0 N–H and O–H groups in total. The molecule has 0 fully saturated rings. The molecule has 0 unspecified atom stereocenters. The van der Waals surface area contributed by atoms with Gasteiger partial charge in [0, 0.05) is 12.3 Å². The molecule has 7 heteroatoms. The lowest BCUT2D eigenvalue weighted by molar-refractivity contribution is -0.133. The molecular weight excluding hydrogens is 412 g/mol. The van der Waals surface area contributed by atoms with Gasteiger partial charge in [-0.05, 0) is 41.2 Å². The Hall–Kier alpha value is -2.80. The summed E-state index contributed by atoms with van der Waals surface area (Å²) in [5, 5.41) is 0.467. The third kappa shape index (κ3) is 5.88. The van der Waals surface area contributed by atoms with Crippen LogP contribution in [0.5, 0.6) is 11.5 Å². The number of thioether (sulfide) groups is 1. The molecule has 2 aromatic rings. The fourth-order valence-corrected chi connectivity index (χ4v) is 4.30. The Morgan fingerprint density at radius 3 is 2.32 bits per heavy atom. The van der Waals surface area contributed by atoms with Crippen molar-refractivity contribution < 1.29 is 19.1 Å². The normalized spacial score (nSPS) is 14.1. The predicted octanol–water partition coefficient (Wildman–Crippen LogP) is 4.42. The first-order valence-corrected chi connectivity index (χ1v) is 11.2. The molecule has 1 aliphatic heterocycles. The molecule has 3 rings (SSSR count). The minimum Gasteiger partial charge on any atom is -0.493 e. The molecule has 1 heterocycles. The topological polar surface area (TPSA) is 68.2 Å². The Bertz CT molecular complexity index is 970. The summed E-state index contributed by atoms with van der Waals surface area (Å²) >= 11 is 1.42. The van der Waals surface area contributed by atoms with Crippen molar-refractivity contribution in [1.29, 1.82) is 0 Å². The first-order chi connectivity index (χ1) is 14.9. The van der Waals surface area contributed by atoms with E-state index in [9.17, 15) is 9.59 Å². The molecular formula is C24H28N2O4S. The largest absolute Gasteiger partial charge is 0.493 e. The molecule has 0 spiro atoms. The van der Waals surface area contributed by atoms with Gasteiger partial charge in [0.1, 0.15) is 6.42 Å². The second kappa shape index (κ2) is 10.5. The van der Waals surface area contributed by atoms with Gasteiger partial charge in [0.2, 0.25) is 5.91 Å². The zero-order chi connectivity index (χ0) is 22.4. The van der Waals surface area contributed by atoms with Crippen LogP contribution in [-0.4, -0.2) is 42.6 Å². The van der Waals surface area contributed by atoms with Crippen LogP contribution < -0.4 is 9.47 Å².